The second-order valence-electron chi connectivity index (χ2n) is 4.41. The highest BCUT2D eigenvalue weighted by Gasteiger charge is 2.02. The van der Waals surface area contributed by atoms with Gasteiger partial charge in [-0.3, -0.25) is 0 Å². The lowest BCUT2D eigenvalue weighted by Gasteiger charge is -2.00. The van der Waals surface area contributed by atoms with Crippen LogP contribution < -0.4 is 0 Å². The minimum Gasteiger partial charge on any atom is -0.329 e. The Morgan fingerprint density at radius 3 is 2.83 bits per heavy atom. The molecular weight excluding hydrogens is 244 g/mol. The van der Waals surface area contributed by atoms with Crippen molar-refractivity contribution in [1.29, 1.82) is 0 Å². The highest BCUT2D eigenvalue weighted by molar-refractivity contribution is 7.99. The van der Waals surface area contributed by atoms with Gasteiger partial charge in [0, 0.05) is 5.75 Å². The van der Waals surface area contributed by atoms with Crippen LogP contribution in [0.1, 0.15) is 45.4 Å². The Morgan fingerprint density at radius 1 is 1.11 bits per heavy atom. The number of thioether (sulfide) groups is 1. The van der Waals surface area contributed by atoms with E-state index >= 15 is 0 Å². The molecule has 2 aromatic heterocycles. The molecule has 0 amide bonds. The summed E-state index contributed by atoms with van der Waals surface area (Å²) in [4.78, 5) is 15.8. The largest absolute Gasteiger partial charge is 0.329 e. The van der Waals surface area contributed by atoms with E-state index in [0.717, 1.165) is 22.1 Å². The topological polar surface area (TPSA) is 54.5 Å². The summed E-state index contributed by atoms with van der Waals surface area (Å²) >= 11 is 1.73. The lowest BCUT2D eigenvalue weighted by atomic mass is 10.1. The first-order chi connectivity index (χ1) is 8.90. The number of imidazole rings is 1. The molecule has 2 heterocycles. The summed E-state index contributed by atoms with van der Waals surface area (Å²) in [6.07, 6.45) is 11.4. The third kappa shape index (κ3) is 3.98. The Hall–Kier alpha value is -1.10. The fourth-order valence-electron chi connectivity index (χ4n) is 1.84. The van der Waals surface area contributed by atoms with Crippen LogP contribution in [0.4, 0.5) is 0 Å². The number of nitrogens with zero attached hydrogens (tertiary/aromatic N) is 3. The third-order valence-electron chi connectivity index (χ3n) is 2.88. The predicted molar refractivity (Wildman–Crippen MR) is 75.8 cm³/mol. The minimum absolute atomic E-state index is 0.829. The number of aromatic nitrogens is 4. The number of fused-ring (bicyclic) bond motifs is 1. The zero-order valence-electron chi connectivity index (χ0n) is 10.9. The second-order valence-corrected chi connectivity index (χ2v) is 5.47. The Balaban J connectivity index is 1.67. The van der Waals surface area contributed by atoms with E-state index in [1.807, 2.05) is 0 Å². The summed E-state index contributed by atoms with van der Waals surface area (Å²) in [7, 11) is 0. The van der Waals surface area contributed by atoms with Crippen molar-refractivity contribution in [3.8, 4) is 0 Å². The molecule has 0 fully saturated rings. The molecule has 0 aliphatic heterocycles. The zero-order chi connectivity index (χ0) is 12.6. The monoisotopic (exact) mass is 264 g/mol. The second kappa shape index (κ2) is 7.36. The average molecular weight is 264 g/mol. The molecule has 1 N–H and O–H groups in total. The summed E-state index contributed by atoms with van der Waals surface area (Å²) in [6, 6.07) is 0. The van der Waals surface area contributed by atoms with E-state index < -0.39 is 0 Å². The molecule has 0 radical (unpaired) electrons. The Morgan fingerprint density at radius 2 is 1.94 bits per heavy atom. The average Bonchev–Trinajstić information content (AvgIpc) is 2.85. The van der Waals surface area contributed by atoms with Crippen LogP contribution in [0.2, 0.25) is 0 Å². The normalized spacial score (nSPS) is 11.2. The van der Waals surface area contributed by atoms with Gasteiger partial charge in [0.05, 0.1) is 12.5 Å². The van der Waals surface area contributed by atoms with Gasteiger partial charge < -0.3 is 4.98 Å². The molecule has 18 heavy (non-hydrogen) atoms. The number of hydrogen-bond donors (Lipinski definition) is 1. The standard InChI is InChI=1S/C13H20N4S/c1-2-3-4-5-6-7-8-18-13-14-9-11-12(17-13)16-10-15-11/h9-10H,2-8H2,1H3,(H,14,15,16,17). The van der Waals surface area contributed by atoms with Crippen molar-refractivity contribution in [3.63, 3.8) is 0 Å². The van der Waals surface area contributed by atoms with E-state index in [0.29, 0.717) is 0 Å². The number of nitrogens with one attached hydrogen (secondary N) is 1. The van der Waals surface area contributed by atoms with Gasteiger partial charge in [0.15, 0.2) is 10.8 Å². The van der Waals surface area contributed by atoms with Gasteiger partial charge in [-0.2, -0.15) is 0 Å². The number of unbranched alkanes of at least 4 members (excludes halogenated alkanes) is 5. The van der Waals surface area contributed by atoms with Gasteiger partial charge in [-0.25, -0.2) is 15.0 Å². The molecule has 5 heteroatoms. The van der Waals surface area contributed by atoms with E-state index in [9.17, 15) is 0 Å². The molecule has 98 valence electrons. The molecule has 0 spiro atoms. The molecule has 0 aromatic carbocycles. The smallest absolute Gasteiger partial charge is 0.189 e. The van der Waals surface area contributed by atoms with Crippen LogP contribution in [0.5, 0.6) is 0 Å². The van der Waals surface area contributed by atoms with Crippen molar-refractivity contribution in [2.75, 3.05) is 5.75 Å². The summed E-state index contributed by atoms with van der Waals surface area (Å²) in [6.45, 7) is 2.25. The van der Waals surface area contributed by atoms with Gasteiger partial charge in [0.2, 0.25) is 0 Å². The summed E-state index contributed by atoms with van der Waals surface area (Å²) < 4.78 is 0. The first-order valence-corrected chi connectivity index (χ1v) is 7.67. The fourth-order valence-corrected chi connectivity index (χ4v) is 2.65. The molecule has 0 unspecified atom stereocenters. The molecule has 0 aliphatic carbocycles. The van der Waals surface area contributed by atoms with Crippen molar-refractivity contribution >= 4 is 22.9 Å². The third-order valence-corrected chi connectivity index (χ3v) is 3.83. The number of hydrogen-bond acceptors (Lipinski definition) is 4. The molecule has 0 saturated heterocycles. The van der Waals surface area contributed by atoms with Crippen molar-refractivity contribution in [2.24, 2.45) is 0 Å². The number of H-pyrrole nitrogens is 1. The Kier molecular flexibility index (Phi) is 5.45. The summed E-state index contributed by atoms with van der Waals surface area (Å²) in [5.41, 5.74) is 1.66. The zero-order valence-corrected chi connectivity index (χ0v) is 11.7. The SMILES string of the molecule is CCCCCCCCSc1ncc2nc[nH]c2n1. The molecule has 0 atom stereocenters. The van der Waals surface area contributed by atoms with Crippen LogP contribution >= 0.6 is 11.8 Å². The maximum atomic E-state index is 4.42. The molecule has 0 aliphatic rings. The van der Waals surface area contributed by atoms with E-state index in [2.05, 4.69) is 26.9 Å². The molecule has 0 bridgehead atoms. The highest BCUT2D eigenvalue weighted by Crippen LogP contribution is 2.17. The van der Waals surface area contributed by atoms with Gasteiger partial charge in [0.1, 0.15) is 5.52 Å². The van der Waals surface area contributed by atoms with E-state index in [4.69, 9.17) is 0 Å². The number of rotatable bonds is 8. The van der Waals surface area contributed by atoms with Crippen LogP contribution in [-0.4, -0.2) is 25.7 Å². The fraction of sp³-hybridized carbons (Fsp3) is 0.615. The maximum Gasteiger partial charge on any atom is 0.189 e. The van der Waals surface area contributed by atoms with Gasteiger partial charge >= 0.3 is 0 Å². The first-order valence-electron chi connectivity index (χ1n) is 6.69. The summed E-state index contributed by atoms with van der Waals surface area (Å²) in [5, 5.41) is 0.848. The van der Waals surface area contributed by atoms with Gasteiger partial charge in [-0.15, -0.1) is 0 Å². The van der Waals surface area contributed by atoms with Crippen LogP contribution in [0, 0.1) is 0 Å². The number of aromatic amines is 1. The molecule has 4 nitrogen and oxygen atoms in total. The Labute approximate surface area is 112 Å². The van der Waals surface area contributed by atoms with Crippen LogP contribution in [-0.2, 0) is 0 Å². The van der Waals surface area contributed by atoms with Crippen LogP contribution in [0.15, 0.2) is 17.7 Å². The van der Waals surface area contributed by atoms with Gasteiger partial charge in [-0.05, 0) is 6.42 Å². The summed E-state index contributed by atoms with van der Waals surface area (Å²) in [5.74, 6) is 1.10. The lowest BCUT2D eigenvalue weighted by molar-refractivity contribution is 0.627. The van der Waals surface area contributed by atoms with E-state index in [-0.39, 0.29) is 0 Å². The quantitative estimate of drug-likeness (QED) is 0.447. The molecular formula is C13H20N4S. The molecule has 0 saturated carbocycles. The van der Waals surface area contributed by atoms with Crippen molar-refractivity contribution in [2.45, 2.75) is 50.6 Å². The lowest BCUT2D eigenvalue weighted by Crippen LogP contribution is -1.89. The van der Waals surface area contributed by atoms with Crippen molar-refractivity contribution < 1.29 is 0 Å². The van der Waals surface area contributed by atoms with E-state index in [1.54, 1.807) is 24.3 Å². The molecule has 2 aromatic rings. The molecule has 2 rings (SSSR count). The highest BCUT2D eigenvalue weighted by atomic mass is 32.2. The van der Waals surface area contributed by atoms with Crippen LogP contribution in [0.25, 0.3) is 11.2 Å². The minimum atomic E-state index is 0.829. The Bertz CT molecular complexity index is 469. The van der Waals surface area contributed by atoms with Crippen LogP contribution in [0.3, 0.4) is 0 Å². The van der Waals surface area contributed by atoms with Gasteiger partial charge in [0.25, 0.3) is 0 Å². The van der Waals surface area contributed by atoms with Gasteiger partial charge in [-0.1, -0.05) is 50.8 Å². The van der Waals surface area contributed by atoms with Crippen molar-refractivity contribution in [3.05, 3.63) is 12.5 Å². The van der Waals surface area contributed by atoms with E-state index in [1.165, 1.54) is 38.5 Å². The first kappa shape index (κ1) is 13.3. The predicted octanol–water partition coefficient (Wildman–Crippen LogP) is 3.81. The van der Waals surface area contributed by atoms with Crippen molar-refractivity contribution in [1.82, 2.24) is 19.9 Å². The maximum absolute atomic E-state index is 4.42.